The van der Waals surface area contributed by atoms with Gasteiger partial charge in [0.2, 0.25) is 6.29 Å². The molecule has 6 atom stereocenters. The van der Waals surface area contributed by atoms with Crippen LogP contribution in [0.5, 0.6) is 0 Å². The second kappa shape index (κ2) is 6.08. The normalized spacial score (nSPS) is 34.0. The van der Waals surface area contributed by atoms with Crippen molar-refractivity contribution in [3.05, 3.63) is 71.6 Å². The van der Waals surface area contributed by atoms with Crippen molar-refractivity contribution in [2.75, 3.05) is 11.5 Å². The van der Waals surface area contributed by atoms with Crippen LogP contribution in [0.25, 0.3) is 6.08 Å². The molecule has 2 aromatic rings. The standard InChI is InChI=1S/C23H18FNO4/c24-14-8-5-13(6-9-14)21(26)20-19-17-11-28-23(29-17)22(27)18(19)16-10-7-12-3-1-2-4-15(12)25(16)20/h1-10,16-20,23H,11H2/t16?,17-,18-,19-,20?,23-/m1/s1. The van der Waals surface area contributed by atoms with Crippen LogP contribution < -0.4 is 4.90 Å². The molecule has 6 heteroatoms. The smallest absolute Gasteiger partial charge is 0.218 e. The van der Waals surface area contributed by atoms with Crippen LogP contribution in [0.15, 0.2) is 54.6 Å². The van der Waals surface area contributed by atoms with Gasteiger partial charge in [0, 0.05) is 17.2 Å². The lowest BCUT2D eigenvalue weighted by atomic mass is 9.77. The van der Waals surface area contributed by atoms with Crippen LogP contribution in [0.2, 0.25) is 0 Å². The molecule has 0 radical (unpaired) electrons. The third kappa shape index (κ3) is 2.33. The van der Waals surface area contributed by atoms with E-state index in [9.17, 15) is 14.0 Å². The number of hydrogen-bond acceptors (Lipinski definition) is 5. The summed E-state index contributed by atoms with van der Waals surface area (Å²) in [5, 5.41) is 0. The zero-order valence-electron chi connectivity index (χ0n) is 15.4. The molecule has 3 saturated heterocycles. The van der Waals surface area contributed by atoms with E-state index in [-0.39, 0.29) is 35.5 Å². The minimum Gasteiger partial charge on any atom is -0.353 e. The van der Waals surface area contributed by atoms with Crippen LogP contribution in [-0.4, -0.2) is 42.7 Å². The highest BCUT2D eigenvalue weighted by Gasteiger charge is 2.63. The summed E-state index contributed by atoms with van der Waals surface area (Å²) in [6.45, 7) is 0.302. The van der Waals surface area contributed by atoms with Crippen molar-refractivity contribution in [1.29, 1.82) is 0 Å². The summed E-state index contributed by atoms with van der Waals surface area (Å²) in [5.74, 6) is -1.32. The van der Waals surface area contributed by atoms with Crippen molar-refractivity contribution in [3.63, 3.8) is 0 Å². The number of ether oxygens (including phenoxy) is 2. The molecule has 146 valence electrons. The molecule has 0 amide bonds. The Morgan fingerprint density at radius 3 is 2.72 bits per heavy atom. The first-order valence-electron chi connectivity index (χ1n) is 9.79. The van der Waals surface area contributed by atoms with E-state index >= 15 is 0 Å². The summed E-state index contributed by atoms with van der Waals surface area (Å²) in [6.07, 6.45) is 2.88. The van der Waals surface area contributed by atoms with Crippen LogP contribution >= 0.6 is 0 Å². The van der Waals surface area contributed by atoms with E-state index in [0.717, 1.165) is 11.3 Å². The minimum atomic E-state index is -0.839. The molecule has 0 N–H and O–H groups in total. The predicted octanol–water partition coefficient (Wildman–Crippen LogP) is 2.85. The van der Waals surface area contributed by atoms with E-state index in [1.165, 1.54) is 24.3 Å². The highest BCUT2D eigenvalue weighted by atomic mass is 19.1. The highest BCUT2D eigenvalue weighted by molar-refractivity contribution is 6.05. The van der Waals surface area contributed by atoms with Crippen LogP contribution in [0.1, 0.15) is 15.9 Å². The third-order valence-corrected chi connectivity index (χ3v) is 6.55. The van der Waals surface area contributed by atoms with E-state index < -0.39 is 18.1 Å². The number of carbonyl (C=O) groups is 2. The molecule has 0 aliphatic carbocycles. The Bertz CT molecular complexity index is 1050. The van der Waals surface area contributed by atoms with Crippen LogP contribution in [0.4, 0.5) is 10.1 Å². The van der Waals surface area contributed by atoms with E-state index in [1.54, 1.807) is 0 Å². The van der Waals surface area contributed by atoms with Crippen molar-refractivity contribution in [2.45, 2.75) is 24.5 Å². The molecule has 29 heavy (non-hydrogen) atoms. The molecular weight excluding hydrogens is 373 g/mol. The Kier molecular flexibility index (Phi) is 3.58. The second-order valence-electron chi connectivity index (χ2n) is 7.98. The predicted molar refractivity (Wildman–Crippen MR) is 103 cm³/mol. The first-order valence-corrected chi connectivity index (χ1v) is 9.79. The summed E-state index contributed by atoms with van der Waals surface area (Å²) in [7, 11) is 0. The molecule has 2 bridgehead atoms. The summed E-state index contributed by atoms with van der Waals surface area (Å²) in [5.41, 5.74) is 2.37. The van der Waals surface area contributed by atoms with E-state index in [4.69, 9.17) is 9.47 Å². The maximum absolute atomic E-state index is 13.7. The lowest BCUT2D eigenvalue weighted by molar-refractivity contribution is -0.163. The number of fused-ring (bicyclic) bond motifs is 8. The molecule has 4 aliphatic heterocycles. The van der Waals surface area contributed by atoms with Crippen molar-refractivity contribution < 1.29 is 23.5 Å². The summed E-state index contributed by atoms with van der Waals surface area (Å²) < 4.78 is 24.8. The van der Waals surface area contributed by atoms with Gasteiger partial charge in [-0.15, -0.1) is 0 Å². The van der Waals surface area contributed by atoms with Crippen LogP contribution in [0.3, 0.4) is 0 Å². The maximum atomic E-state index is 13.7. The number of Topliss-reactive ketones (excluding diaryl/α,β-unsaturated/α-hetero) is 2. The van der Waals surface area contributed by atoms with Crippen molar-refractivity contribution >= 4 is 23.3 Å². The number of nitrogens with zero attached hydrogens (tertiary/aromatic N) is 1. The second-order valence-corrected chi connectivity index (χ2v) is 7.98. The lowest BCUT2D eigenvalue weighted by Crippen LogP contribution is -2.48. The Hall–Kier alpha value is -2.83. The molecule has 6 rings (SSSR count). The number of hydrogen-bond donors (Lipinski definition) is 0. The maximum Gasteiger partial charge on any atom is 0.218 e. The lowest BCUT2D eigenvalue weighted by Gasteiger charge is -2.35. The first kappa shape index (κ1) is 17.1. The molecule has 3 fully saturated rings. The Labute approximate surface area is 166 Å². The summed E-state index contributed by atoms with van der Waals surface area (Å²) in [4.78, 5) is 28.8. The van der Waals surface area contributed by atoms with Gasteiger partial charge in [-0.25, -0.2) is 4.39 Å². The SMILES string of the molecule is O=C(c1ccc(F)cc1)C1[C@H]2[C@H](C(=O)[C@@H]3OC[C@H]2O3)C2C=Cc3ccccc3N12. The van der Waals surface area contributed by atoms with Gasteiger partial charge in [0.25, 0.3) is 0 Å². The quantitative estimate of drug-likeness (QED) is 0.737. The van der Waals surface area contributed by atoms with Gasteiger partial charge in [-0.05, 0) is 35.9 Å². The number of carbonyl (C=O) groups excluding carboxylic acids is 2. The van der Waals surface area contributed by atoms with Crippen molar-refractivity contribution in [1.82, 2.24) is 0 Å². The molecule has 0 saturated carbocycles. The van der Waals surface area contributed by atoms with Gasteiger partial charge in [0.15, 0.2) is 11.6 Å². The van der Waals surface area contributed by atoms with E-state index in [0.29, 0.717) is 12.2 Å². The van der Waals surface area contributed by atoms with Crippen LogP contribution in [0, 0.1) is 17.7 Å². The number of ketones is 2. The van der Waals surface area contributed by atoms with Gasteiger partial charge in [0.1, 0.15) is 5.82 Å². The summed E-state index contributed by atoms with van der Waals surface area (Å²) >= 11 is 0. The topological polar surface area (TPSA) is 55.8 Å². The van der Waals surface area contributed by atoms with E-state index in [1.807, 2.05) is 36.4 Å². The zero-order valence-corrected chi connectivity index (χ0v) is 15.4. The fourth-order valence-corrected chi connectivity index (χ4v) is 5.36. The molecule has 0 aromatic heterocycles. The first-order chi connectivity index (χ1) is 14.1. The Morgan fingerprint density at radius 2 is 1.90 bits per heavy atom. The molecular formula is C23H18FNO4. The number of halogens is 1. The average molecular weight is 391 g/mol. The molecule has 4 aliphatic rings. The Morgan fingerprint density at radius 1 is 1.10 bits per heavy atom. The fourth-order valence-electron chi connectivity index (χ4n) is 5.36. The van der Waals surface area contributed by atoms with Gasteiger partial charge in [-0.1, -0.05) is 30.4 Å². The van der Waals surface area contributed by atoms with Gasteiger partial charge < -0.3 is 14.4 Å². The average Bonchev–Trinajstić information content (AvgIpc) is 3.33. The highest BCUT2D eigenvalue weighted by Crippen LogP contribution is 2.50. The minimum absolute atomic E-state index is 0.0998. The molecule has 5 nitrogen and oxygen atoms in total. The Balaban J connectivity index is 1.52. The van der Waals surface area contributed by atoms with Gasteiger partial charge >= 0.3 is 0 Å². The number of para-hydroxylation sites is 1. The summed E-state index contributed by atoms with van der Waals surface area (Å²) in [6, 6.07) is 12.6. The van der Waals surface area contributed by atoms with E-state index in [2.05, 4.69) is 4.90 Å². The van der Waals surface area contributed by atoms with Crippen molar-refractivity contribution in [2.24, 2.45) is 11.8 Å². The molecule has 0 spiro atoms. The molecule has 2 unspecified atom stereocenters. The van der Waals surface area contributed by atoms with Crippen molar-refractivity contribution in [3.8, 4) is 0 Å². The van der Waals surface area contributed by atoms with Gasteiger partial charge in [0.05, 0.1) is 30.7 Å². The zero-order chi connectivity index (χ0) is 19.7. The van der Waals surface area contributed by atoms with Crippen LogP contribution in [-0.2, 0) is 14.3 Å². The fraction of sp³-hybridized carbons (Fsp3) is 0.304. The number of anilines is 1. The van der Waals surface area contributed by atoms with Gasteiger partial charge in [-0.3, -0.25) is 9.59 Å². The molecule has 2 aromatic carbocycles. The largest absolute Gasteiger partial charge is 0.353 e. The number of benzene rings is 2. The third-order valence-electron chi connectivity index (χ3n) is 6.55. The molecule has 4 heterocycles. The number of rotatable bonds is 2. The monoisotopic (exact) mass is 391 g/mol. The van der Waals surface area contributed by atoms with Gasteiger partial charge in [-0.2, -0.15) is 0 Å².